The predicted molar refractivity (Wildman–Crippen MR) is 277 cm³/mol. The average molecular weight is 1120 g/mol. The van der Waals surface area contributed by atoms with Crippen molar-refractivity contribution in [3.8, 4) is 0 Å². The number of aliphatic carboxylic acids is 3. The third-order valence-electron chi connectivity index (χ3n) is 11.9. The van der Waals surface area contributed by atoms with Crippen LogP contribution >= 0.6 is 12.6 Å². The van der Waals surface area contributed by atoms with E-state index in [1.165, 1.54) is 18.7 Å². The summed E-state index contributed by atoms with van der Waals surface area (Å²) in [6.07, 6.45) is -2.88. The van der Waals surface area contributed by atoms with Crippen molar-refractivity contribution in [1.82, 2.24) is 47.4 Å². The minimum Gasteiger partial charge on any atom is -0.481 e. The Morgan fingerprint density at radius 2 is 1.14 bits per heavy atom. The highest BCUT2D eigenvalue weighted by Crippen LogP contribution is 2.20. The van der Waals surface area contributed by atoms with Crippen LogP contribution in [0.4, 0.5) is 0 Å². The SMILES string of the molecule is CC(C)C[C@H](NC(=O)[C@H](CCC(=O)O)NC(=O)[C@H](CC(=O)O)NC(=O)[C@H](CCC(N)=O)NC(=O)CNC(=O)[C@H](CCCN=C(N)N)NC(=O)[C@H](CS)NC(=O)[C@@H]1CCCN1C(=O)[C@@H](N)C(C)C)C(=O)N[C@H](C(=O)O)C(C)C. The summed E-state index contributed by atoms with van der Waals surface area (Å²) >= 11 is 4.20. The monoisotopic (exact) mass is 1110 g/mol. The topological polar surface area (TPSA) is 499 Å². The average Bonchev–Trinajstić information content (AvgIpc) is 3.83. The first kappa shape index (κ1) is 67.7. The molecule has 0 radical (unpaired) electrons. The summed E-state index contributed by atoms with van der Waals surface area (Å²) in [7, 11) is 0. The third kappa shape index (κ3) is 24.9. The molecule has 0 spiro atoms. The van der Waals surface area contributed by atoms with E-state index in [1.807, 2.05) is 0 Å². The van der Waals surface area contributed by atoms with Crippen LogP contribution in [0.2, 0.25) is 0 Å². The lowest BCUT2D eigenvalue weighted by molar-refractivity contribution is -0.143. The summed E-state index contributed by atoms with van der Waals surface area (Å²) < 4.78 is 0. The van der Waals surface area contributed by atoms with Crippen LogP contribution < -0.4 is 65.5 Å². The zero-order chi connectivity index (χ0) is 58.9. The van der Waals surface area contributed by atoms with Crippen molar-refractivity contribution in [2.75, 3.05) is 25.4 Å². The molecule has 0 aromatic heterocycles. The van der Waals surface area contributed by atoms with Crippen molar-refractivity contribution >= 4 is 95.6 Å². The highest BCUT2D eigenvalue weighted by atomic mass is 32.1. The molecule has 434 valence electrons. The second kappa shape index (κ2) is 33.7. The predicted octanol–water partition coefficient (Wildman–Crippen LogP) is -5.15. The van der Waals surface area contributed by atoms with E-state index in [0.29, 0.717) is 12.8 Å². The fraction of sp³-hybridized carbons (Fsp3) is 0.696. The van der Waals surface area contributed by atoms with Crippen molar-refractivity contribution in [1.29, 1.82) is 0 Å². The Morgan fingerprint density at radius 1 is 0.623 bits per heavy atom. The summed E-state index contributed by atoms with van der Waals surface area (Å²) in [5.74, 6) is -15.6. The molecule has 1 rings (SSSR count). The number of hydrogen-bond donors (Lipinski definition) is 16. The number of carbonyl (C=O) groups excluding carboxylic acids is 10. The minimum absolute atomic E-state index is 0.000416. The van der Waals surface area contributed by atoms with Gasteiger partial charge in [0.15, 0.2) is 5.96 Å². The van der Waals surface area contributed by atoms with Crippen LogP contribution in [0.5, 0.6) is 0 Å². The van der Waals surface area contributed by atoms with Gasteiger partial charge in [0, 0.05) is 31.7 Å². The summed E-state index contributed by atoms with van der Waals surface area (Å²) in [5.41, 5.74) is 22.2. The lowest BCUT2D eigenvalue weighted by Crippen LogP contribution is -2.60. The quantitative estimate of drug-likeness (QED) is 0.0122. The summed E-state index contributed by atoms with van der Waals surface area (Å²) in [5, 5.41) is 47.4. The van der Waals surface area contributed by atoms with Gasteiger partial charge in [0.25, 0.3) is 0 Å². The number of carboxylic acids is 3. The molecular weight excluding hydrogens is 1040 g/mol. The number of carboxylic acid groups (broad SMARTS) is 3. The van der Waals surface area contributed by atoms with E-state index in [1.54, 1.807) is 27.7 Å². The van der Waals surface area contributed by atoms with Crippen LogP contribution in [0.1, 0.15) is 106 Å². The number of thiol groups is 1. The standard InChI is InChI=1S/C46H78N14O16S/c1-21(2)17-27(41(71)59-36(23(5)6)45(75)76)56-39(69)26(12-14-33(63)64)55-40(70)28(18-34(65)66)57-38(68)25(11-13-31(47)61)53-32(62)19-52-37(67)24(9-7-15-51-46(49)50)54-42(72)29(20-77)58-43(73)30-10-8-16-60(30)44(74)35(48)22(3)4/h21-30,35-36,77H,7-20,48H2,1-6H3,(H2,47,61)(H,52,67)(H,53,62)(H,54,72)(H,55,70)(H,56,69)(H,57,68)(H,58,73)(H,59,71)(H,63,64)(H,65,66)(H,75,76)(H4,49,50,51)/t24-,25-,26-,27-,28-,29-,30-,35-,36-/m0/s1. The van der Waals surface area contributed by atoms with E-state index in [9.17, 15) is 77.6 Å². The number of amides is 10. The molecule has 0 aromatic carbocycles. The van der Waals surface area contributed by atoms with Gasteiger partial charge in [0.2, 0.25) is 59.1 Å². The molecule has 30 nitrogen and oxygen atoms in total. The molecule has 0 aliphatic carbocycles. The third-order valence-corrected chi connectivity index (χ3v) is 12.2. The Balaban J connectivity index is 3.34. The number of aliphatic imine (C=N–C) groups is 1. The van der Waals surface area contributed by atoms with Crippen LogP contribution in [0.25, 0.3) is 0 Å². The molecule has 19 N–H and O–H groups in total. The summed E-state index contributed by atoms with van der Waals surface area (Å²) in [6, 6.07) is -12.9. The fourth-order valence-electron chi connectivity index (χ4n) is 7.59. The first-order chi connectivity index (χ1) is 35.9. The van der Waals surface area contributed by atoms with Gasteiger partial charge in [0.1, 0.15) is 48.3 Å². The Hall–Kier alpha value is -7.31. The highest BCUT2D eigenvalue weighted by Gasteiger charge is 2.39. The molecule has 1 saturated heterocycles. The maximum Gasteiger partial charge on any atom is 0.326 e. The molecule has 31 heteroatoms. The number of likely N-dealkylation sites (tertiary alicyclic amines) is 1. The Bertz CT molecular complexity index is 2160. The molecular formula is C46H78N14O16S. The van der Waals surface area contributed by atoms with Gasteiger partial charge in [-0.15, -0.1) is 0 Å². The van der Waals surface area contributed by atoms with Crippen LogP contribution in [-0.2, 0) is 62.3 Å². The molecule has 9 atom stereocenters. The van der Waals surface area contributed by atoms with E-state index < -0.39 is 176 Å². The Morgan fingerprint density at radius 3 is 1.65 bits per heavy atom. The second-order valence-corrected chi connectivity index (χ2v) is 19.8. The molecule has 1 aliphatic rings. The molecule has 0 saturated carbocycles. The molecule has 10 amide bonds. The molecule has 1 fully saturated rings. The summed E-state index contributed by atoms with van der Waals surface area (Å²) in [4.78, 5) is 174. The van der Waals surface area contributed by atoms with E-state index in [-0.39, 0.29) is 55.9 Å². The second-order valence-electron chi connectivity index (χ2n) is 19.5. The first-order valence-corrected chi connectivity index (χ1v) is 25.6. The largest absolute Gasteiger partial charge is 0.481 e. The van der Waals surface area contributed by atoms with Gasteiger partial charge in [0.05, 0.1) is 19.0 Å². The van der Waals surface area contributed by atoms with Gasteiger partial charge >= 0.3 is 17.9 Å². The molecule has 0 aromatic rings. The number of nitrogens with zero attached hydrogens (tertiary/aromatic N) is 2. The Labute approximate surface area is 450 Å². The first-order valence-electron chi connectivity index (χ1n) is 25.0. The summed E-state index contributed by atoms with van der Waals surface area (Å²) in [6.45, 7) is 9.33. The number of guanidine groups is 1. The maximum atomic E-state index is 13.7. The van der Waals surface area contributed by atoms with Crippen molar-refractivity contribution in [3.63, 3.8) is 0 Å². The zero-order valence-electron chi connectivity index (χ0n) is 44.1. The van der Waals surface area contributed by atoms with Crippen molar-refractivity contribution in [3.05, 3.63) is 0 Å². The maximum absolute atomic E-state index is 13.7. The molecule has 1 heterocycles. The lowest BCUT2D eigenvalue weighted by atomic mass is 9.99. The number of carbonyl (C=O) groups is 13. The minimum atomic E-state index is -2.04. The molecule has 1 aliphatic heterocycles. The van der Waals surface area contributed by atoms with Crippen molar-refractivity contribution in [2.24, 2.45) is 45.7 Å². The number of hydrogen-bond acceptors (Lipinski definition) is 16. The fourth-order valence-corrected chi connectivity index (χ4v) is 7.84. The molecule has 77 heavy (non-hydrogen) atoms. The van der Waals surface area contributed by atoms with Gasteiger partial charge in [-0.1, -0.05) is 41.5 Å². The normalized spacial score (nSPS) is 16.2. The van der Waals surface area contributed by atoms with Gasteiger partial charge in [-0.3, -0.25) is 62.5 Å². The van der Waals surface area contributed by atoms with Crippen molar-refractivity contribution < 1.29 is 77.6 Å². The number of nitrogens with one attached hydrogen (secondary N) is 8. The highest BCUT2D eigenvalue weighted by molar-refractivity contribution is 7.80. The molecule has 0 bridgehead atoms. The van der Waals surface area contributed by atoms with Crippen LogP contribution in [0, 0.1) is 17.8 Å². The number of rotatable bonds is 35. The number of nitrogens with two attached hydrogens (primary N) is 4. The van der Waals surface area contributed by atoms with E-state index in [0.717, 1.165) is 0 Å². The smallest absolute Gasteiger partial charge is 0.326 e. The van der Waals surface area contributed by atoms with Crippen LogP contribution in [0.15, 0.2) is 4.99 Å². The van der Waals surface area contributed by atoms with Gasteiger partial charge in [-0.2, -0.15) is 12.6 Å². The van der Waals surface area contributed by atoms with Gasteiger partial charge in [-0.25, -0.2) is 4.79 Å². The van der Waals surface area contributed by atoms with Crippen LogP contribution in [0.3, 0.4) is 0 Å². The van der Waals surface area contributed by atoms with E-state index in [2.05, 4.69) is 60.2 Å². The van der Waals surface area contributed by atoms with Gasteiger partial charge < -0.3 is 85.7 Å². The van der Waals surface area contributed by atoms with Crippen LogP contribution in [-0.4, -0.2) is 183 Å². The zero-order valence-corrected chi connectivity index (χ0v) is 45.0. The Kier molecular flexibility index (Phi) is 29.6. The van der Waals surface area contributed by atoms with Crippen molar-refractivity contribution in [2.45, 2.75) is 160 Å². The van der Waals surface area contributed by atoms with E-state index in [4.69, 9.17) is 22.9 Å². The lowest BCUT2D eigenvalue weighted by Gasteiger charge is -2.29. The van der Waals surface area contributed by atoms with Gasteiger partial charge in [-0.05, 0) is 62.7 Å². The molecule has 0 unspecified atom stereocenters. The number of primary amides is 1. The van der Waals surface area contributed by atoms with E-state index >= 15 is 0 Å².